The van der Waals surface area contributed by atoms with Gasteiger partial charge in [-0.15, -0.1) is 12.4 Å². The third kappa shape index (κ3) is 4.37. The van der Waals surface area contributed by atoms with Gasteiger partial charge < -0.3 is 10.8 Å². The van der Waals surface area contributed by atoms with E-state index in [2.05, 4.69) is 20.9 Å². The number of hydrogen-bond donors (Lipinski definition) is 2. The zero-order valence-electron chi connectivity index (χ0n) is 7.69. The molecule has 1 aromatic rings. The molecular weight excluding hydrogens is 267 g/mol. The highest BCUT2D eigenvalue weighted by atomic mass is 79.9. The summed E-state index contributed by atoms with van der Waals surface area (Å²) in [5.74, 6) is 0. The van der Waals surface area contributed by atoms with Crippen LogP contribution in [0, 0.1) is 0 Å². The van der Waals surface area contributed by atoms with Crippen LogP contribution in [0.5, 0.6) is 0 Å². The van der Waals surface area contributed by atoms with Crippen molar-refractivity contribution in [1.29, 1.82) is 0 Å². The molecule has 0 spiro atoms. The summed E-state index contributed by atoms with van der Waals surface area (Å²) in [6, 6.07) is 3.79. The summed E-state index contributed by atoms with van der Waals surface area (Å²) in [6.07, 6.45) is 3.28. The summed E-state index contributed by atoms with van der Waals surface area (Å²) in [4.78, 5) is 4.08. The van der Waals surface area contributed by atoms with Crippen LogP contribution in [-0.4, -0.2) is 16.7 Å². The lowest BCUT2D eigenvalue weighted by Crippen LogP contribution is -2.10. The minimum atomic E-state index is -0.0206. The molecule has 0 fully saturated rings. The molecule has 0 aliphatic carbocycles. The highest BCUT2D eigenvalue weighted by Crippen LogP contribution is 2.16. The van der Waals surface area contributed by atoms with Gasteiger partial charge in [-0.2, -0.15) is 0 Å². The molecule has 14 heavy (non-hydrogen) atoms. The van der Waals surface area contributed by atoms with Crippen molar-refractivity contribution in [1.82, 2.24) is 4.98 Å². The molecule has 0 saturated heterocycles. The Morgan fingerprint density at radius 2 is 2.21 bits per heavy atom. The number of rotatable bonds is 4. The van der Waals surface area contributed by atoms with E-state index in [0.717, 1.165) is 23.0 Å². The maximum Gasteiger partial charge on any atom is 0.106 e. The van der Waals surface area contributed by atoms with Crippen LogP contribution in [0.3, 0.4) is 0 Å². The average Bonchev–Trinajstić information content (AvgIpc) is 2.15. The molecule has 0 aromatic carbocycles. The Morgan fingerprint density at radius 3 is 2.71 bits per heavy atom. The van der Waals surface area contributed by atoms with E-state index in [1.54, 1.807) is 6.20 Å². The fraction of sp³-hybridized carbons (Fsp3) is 0.444. The number of halogens is 2. The van der Waals surface area contributed by atoms with Gasteiger partial charge in [0.15, 0.2) is 0 Å². The van der Waals surface area contributed by atoms with Crippen LogP contribution in [0.15, 0.2) is 22.9 Å². The summed E-state index contributed by atoms with van der Waals surface area (Å²) in [7, 11) is 0. The summed E-state index contributed by atoms with van der Waals surface area (Å²) in [5.41, 5.74) is 6.88. The zero-order chi connectivity index (χ0) is 9.68. The maximum atomic E-state index is 8.63. The van der Waals surface area contributed by atoms with E-state index >= 15 is 0 Å². The van der Waals surface area contributed by atoms with Gasteiger partial charge in [0, 0.05) is 18.8 Å². The van der Waals surface area contributed by atoms with E-state index in [1.165, 1.54) is 0 Å². The topological polar surface area (TPSA) is 59.1 Å². The third-order valence-corrected chi connectivity index (χ3v) is 2.32. The quantitative estimate of drug-likeness (QED) is 0.830. The van der Waals surface area contributed by atoms with Crippen molar-refractivity contribution in [2.75, 3.05) is 6.61 Å². The van der Waals surface area contributed by atoms with Gasteiger partial charge in [-0.05, 0) is 40.4 Å². The molecule has 1 rings (SSSR count). The monoisotopic (exact) mass is 280 g/mol. The van der Waals surface area contributed by atoms with E-state index in [0.29, 0.717) is 0 Å². The number of nitrogens with two attached hydrogens (primary N) is 1. The Bertz CT molecular complexity index is 255. The predicted octanol–water partition coefficient (Wildman–Crippen LogP) is 2.04. The van der Waals surface area contributed by atoms with Crippen LogP contribution in [0.25, 0.3) is 0 Å². The van der Waals surface area contributed by atoms with Crippen LogP contribution in [-0.2, 0) is 0 Å². The molecule has 0 aliphatic rings. The van der Waals surface area contributed by atoms with Crippen LogP contribution in [0.1, 0.15) is 24.4 Å². The number of hydrogen-bond acceptors (Lipinski definition) is 3. The van der Waals surface area contributed by atoms with Crippen molar-refractivity contribution < 1.29 is 5.11 Å². The number of aromatic nitrogens is 1. The van der Waals surface area contributed by atoms with E-state index in [1.807, 2.05) is 12.1 Å². The van der Waals surface area contributed by atoms with Gasteiger partial charge in [-0.3, -0.25) is 0 Å². The first-order valence-corrected chi connectivity index (χ1v) is 5.01. The Balaban J connectivity index is 0.00000169. The first-order valence-electron chi connectivity index (χ1n) is 4.22. The molecule has 0 bridgehead atoms. The third-order valence-electron chi connectivity index (χ3n) is 1.85. The summed E-state index contributed by atoms with van der Waals surface area (Å²) < 4.78 is 0.811. The smallest absolute Gasteiger partial charge is 0.106 e. The Kier molecular flexibility index (Phi) is 7.09. The summed E-state index contributed by atoms with van der Waals surface area (Å²) in [5, 5.41) is 8.63. The van der Waals surface area contributed by atoms with Crippen molar-refractivity contribution >= 4 is 28.3 Å². The average molecular weight is 282 g/mol. The highest BCUT2D eigenvalue weighted by molar-refractivity contribution is 9.10. The van der Waals surface area contributed by atoms with Crippen LogP contribution in [0.2, 0.25) is 0 Å². The van der Waals surface area contributed by atoms with Crippen LogP contribution in [0.4, 0.5) is 0 Å². The molecule has 3 N–H and O–H groups in total. The van der Waals surface area contributed by atoms with Gasteiger partial charge in [0.2, 0.25) is 0 Å². The van der Waals surface area contributed by atoms with Crippen LogP contribution >= 0.6 is 28.3 Å². The molecule has 1 atom stereocenters. The molecule has 3 nitrogen and oxygen atoms in total. The van der Waals surface area contributed by atoms with Gasteiger partial charge in [0.25, 0.3) is 0 Å². The standard InChI is InChI=1S/C9H13BrN2O.ClH/c10-9-4-3-7(6-12-9)8(11)2-1-5-13;/h3-4,6,8,13H,1-2,5,11H2;1H/t8-;/m0./s1. The molecule has 80 valence electrons. The predicted molar refractivity (Wildman–Crippen MR) is 62.4 cm³/mol. The lowest BCUT2D eigenvalue weighted by Gasteiger charge is -2.10. The summed E-state index contributed by atoms with van der Waals surface area (Å²) in [6.45, 7) is 0.192. The van der Waals surface area contributed by atoms with Crippen molar-refractivity contribution in [3.8, 4) is 0 Å². The largest absolute Gasteiger partial charge is 0.396 e. The van der Waals surface area contributed by atoms with E-state index in [4.69, 9.17) is 10.8 Å². The molecule has 1 heterocycles. The second-order valence-corrected chi connectivity index (χ2v) is 3.70. The molecule has 5 heteroatoms. The second kappa shape index (κ2) is 7.17. The van der Waals surface area contributed by atoms with Gasteiger partial charge in [-0.1, -0.05) is 6.07 Å². The Morgan fingerprint density at radius 1 is 1.50 bits per heavy atom. The lowest BCUT2D eigenvalue weighted by atomic mass is 10.1. The fourth-order valence-corrected chi connectivity index (χ4v) is 1.32. The van der Waals surface area contributed by atoms with Gasteiger partial charge >= 0.3 is 0 Å². The minimum absolute atomic E-state index is 0. The van der Waals surface area contributed by atoms with Crippen molar-refractivity contribution in [2.24, 2.45) is 5.73 Å². The normalized spacial score (nSPS) is 11.9. The van der Waals surface area contributed by atoms with E-state index in [9.17, 15) is 0 Å². The van der Waals surface area contributed by atoms with Gasteiger partial charge in [-0.25, -0.2) is 4.98 Å². The SMILES string of the molecule is Cl.N[C@@H](CCCO)c1ccc(Br)nc1. The molecule has 0 saturated carbocycles. The van der Waals surface area contributed by atoms with E-state index in [-0.39, 0.29) is 25.1 Å². The van der Waals surface area contributed by atoms with Gasteiger partial charge in [0.1, 0.15) is 4.60 Å². The fourth-order valence-electron chi connectivity index (χ4n) is 1.08. The van der Waals surface area contributed by atoms with E-state index < -0.39 is 0 Å². The number of pyridine rings is 1. The number of nitrogens with zero attached hydrogens (tertiary/aromatic N) is 1. The maximum absolute atomic E-state index is 8.63. The summed E-state index contributed by atoms with van der Waals surface area (Å²) >= 11 is 3.26. The Hall–Kier alpha value is -0.160. The number of aliphatic hydroxyl groups is 1. The molecular formula is C9H14BrClN2O. The first-order chi connectivity index (χ1) is 6.24. The van der Waals surface area contributed by atoms with Crippen LogP contribution < -0.4 is 5.73 Å². The molecule has 0 radical (unpaired) electrons. The molecule has 0 amide bonds. The first kappa shape index (κ1) is 13.8. The molecule has 1 aromatic heterocycles. The van der Waals surface area contributed by atoms with Crippen molar-refractivity contribution in [3.63, 3.8) is 0 Å². The van der Waals surface area contributed by atoms with Crippen molar-refractivity contribution in [2.45, 2.75) is 18.9 Å². The van der Waals surface area contributed by atoms with Gasteiger partial charge in [0.05, 0.1) is 0 Å². The lowest BCUT2D eigenvalue weighted by molar-refractivity contribution is 0.280. The van der Waals surface area contributed by atoms with Crippen molar-refractivity contribution in [3.05, 3.63) is 28.5 Å². The minimum Gasteiger partial charge on any atom is -0.396 e. The highest BCUT2D eigenvalue weighted by Gasteiger charge is 2.04. The molecule has 0 aliphatic heterocycles. The zero-order valence-corrected chi connectivity index (χ0v) is 10.1. The second-order valence-electron chi connectivity index (χ2n) is 2.89. The number of aliphatic hydroxyl groups excluding tert-OH is 1. The Labute approximate surface area is 98.3 Å². The molecule has 0 unspecified atom stereocenters.